The van der Waals surface area contributed by atoms with E-state index in [1.165, 1.54) is 37.1 Å². The molecule has 0 bridgehead atoms. The molecule has 14 heteroatoms. The molecule has 0 aliphatic heterocycles. The lowest BCUT2D eigenvalue weighted by Gasteiger charge is -2.20. The molecule has 0 fully saturated rings. The molecule has 5 rings (SSSR count). The van der Waals surface area contributed by atoms with E-state index in [4.69, 9.17) is 15.2 Å². The molecule has 1 heterocycles. The Balaban J connectivity index is 1.59. The molecular formula is C28H25N5O8S. The smallest absolute Gasteiger partial charge is 0.286 e. The Morgan fingerprint density at radius 2 is 1.69 bits per heavy atom. The number of nitrogens with two attached hydrogens (primary N) is 1. The minimum atomic E-state index is -3.43. The summed E-state index contributed by atoms with van der Waals surface area (Å²) in [5, 5.41) is 18.9. The fourth-order valence-corrected chi connectivity index (χ4v) is 5.57. The molecule has 4 aromatic rings. The first kappa shape index (κ1) is 28.3. The Labute approximate surface area is 239 Å². The topological polar surface area (TPSA) is 186 Å². The van der Waals surface area contributed by atoms with Gasteiger partial charge in [-0.3, -0.25) is 19.7 Å². The highest BCUT2D eigenvalue weighted by molar-refractivity contribution is 7.90. The summed E-state index contributed by atoms with van der Waals surface area (Å²) in [7, 11) is -0.752. The van der Waals surface area contributed by atoms with E-state index in [2.05, 4.69) is 10.4 Å². The minimum Gasteiger partial charge on any atom is -0.493 e. The number of amides is 2. The second kappa shape index (κ2) is 10.6. The SMILES string of the molecule is COc1cc(C(=O)Nc2ccc3c(c2)-c2c(c(C(N)=O)nn2-c2ccc(S(C)(=O)=O)cc2)CC3)c([N+](=O)[O-])cc1OC. The maximum Gasteiger partial charge on any atom is 0.286 e. The number of aromatic nitrogens is 2. The number of nitrogens with zero attached hydrogens (tertiary/aromatic N) is 3. The molecule has 0 saturated carbocycles. The summed E-state index contributed by atoms with van der Waals surface area (Å²) in [5.74, 6) is -1.22. The number of aryl methyl sites for hydroxylation is 1. The predicted octanol–water partition coefficient (Wildman–Crippen LogP) is 3.32. The van der Waals surface area contributed by atoms with Crippen molar-refractivity contribution in [1.82, 2.24) is 9.78 Å². The average Bonchev–Trinajstić information content (AvgIpc) is 3.36. The third-order valence-corrected chi connectivity index (χ3v) is 8.07. The van der Waals surface area contributed by atoms with Crippen LogP contribution in [0.25, 0.3) is 16.9 Å². The second-order valence-electron chi connectivity index (χ2n) is 9.53. The number of nitro benzene ring substituents is 1. The van der Waals surface area contributed by atoms with Crippen molar-refractivity contribution in [2.75, 3.05) is 25.8 Å². The van der Waals surface area contributed by atoms with Gasteiger partial charge in [0.2, 0.25) is 0 Å². The number of fused-ring (bicyclic) bond motifs is 3. The van der Waals surface area contributed by atoms with Gasteiger partial charge in [0.25, 0.3) is 17.5 Å². The van der Waals surface area contributed by atoms with Crippen molar-refractivity contribution in [3.05, 3.63) is 87.1 Å². The summed E-state index contributed by atoms with van der Waals surface area (Å²) < 4.78 is 35.8. The average molecular weight is 592 g/mol. The Morgan fingerprint density at radius 1 is 1.02 bits per heavy atom. The van der Waals surface area contributed by atoms with Crippen LogP contribution in [-0.2, 0) is 22.7 Å². The largest absolute Gasteiger partial charge is 0.493 e. The molecule has 0 unspecified atom stereocenters. The first-order valence-corrected chi connectivity index (χ1v) is 14.4. The third-order valence-electron chi connectivity index (χ3n) is 6.94. The number of nitrogens with one attached hydrogen (secondary N) is 1. The highest BCUT2D eigenvalue weighted by atomic mass is 32.2. The molecule has 216 valence electrons. The van der Waals surface area contributed by atoms with Gasteiger partial charge in [0.1, 0.15) is 5.56 Å². The fraction of sp³-hybridized carbons (Fsp3) is 0.179. The van der Waals surface area contributed by atoms with Gasteiger partial charge in [-0.25, -0.2) is 13.1 Å². The number of rotatable bonds is 8. The first-order chi connectivity index (χ1) is 19.9. The first-order valence-electron chi connectivity index (χ1n) is 12.5. The standard InChI is InChI=1S/C28H25N5O8S/c1-40-23-13-21(22(33(36)37)14-24(23)41-2)28(35)30-16-6-4-15-5-11-19-25(27(29)34)31-32(26(19)20(15)12-16)17-7-9-18(10-8-17)42(3,38)39/h4,6-10,12-14H,5,11H2,1-3H3,(H2,29,34)(H,30,35). The van der Waals surface area contributed by atoms with Gasteiger partial charge in [-0.15, -0.1) is 0 Å². The molecule has 3 N–H and O–H groups in total. The van der Waals surface area contributed by atoms with Gasteiger partial charge in [0.15, 0.2) is 27.0 Å². The van der Waals surface area contributed by atoms with Crippen molar-refractivity contribution in [3.63, 3.8) is 0 Å². The number of nitro groups is 1. The van der Waals surface area contributed by atoms with Crippen LogP contribution in [0.5, 0.6) is 11.5 Å². The second-order valence-corrected chi connectivity index (χ2v) is 11.5. The van der Waals surface area contributed by atoms with Gasteiger partial charge in [0, 0.05) is 29.1 Å². The van der Waals surface area contributed by atoms with Crippen LogP contribution in [-0.4, -0.2) is 55.4 Å². The molecular weight excluding hydrogens is 566 g/mol. The van der Waals surface area contributed by atoms with E-state index >= 15 is 0 Å². The van der Waals surface area contributed by atoms with E-state index < -0.39 is 32.3 Å². The van der Waals surface area contributed by atoms with Gasteiger partial charge in [-0.2, -0.15) is 5.10 Å². The van der Waals surface area contributed by atoms with Gasteiger partial charge < -0.3 is 20.5 Å². The highest BCUT2D eigenvalue weighted by Gasteiger charge is 2.29. The number of anilines is 1. The summed E-state index contributed by atoms with van der Waals surface area (Å²) in [6.07, 6.45) is 2.15. The van der Waals surface area contributed by atoms with E-state index in [1.54, 1.807) is 24.3 Å². The van der Waals surface area contributed by atoms with Crippen LogP contribution < -0.4 is 20.5 Å². The Bertz CT molecular complexity index is 1880. The number of carbonyl (C=O) groups is 2. The van der Waals surface area contributed by atoms with Crippen LogP contribution in [0.1, 0.15) is 32.0 Å². The van der Waals surface area contributed by atoms with E-state index in [0.717, 1.165) is 17.9 Å². The number of ether oxygens (including phenoxy) is 2. The number of primary amides is 1. The normalized spacial score (nSPS) is 12.2. The zero-order valence-corrected chi connectivity index (χ0v) is 23.5. The minimum absolute atomic E-state index is 0.0817. The zero-order valence-electron chi connectivity index (χ0n) is 22.7. The molecule has 1 aliphatic rings. The molecule has 0 radical (unpaired) electrons. The summed E-state index contributed by atoms with van der Waals surface area (Å²) >= 11 is 0. The molecule has 3 aromatic carbocycles. The summed E-state index contributed by atoms with van der Waals surface area (Å²) in [4.78, 5) is 36.7. The Kier molecular flexibility index (Phi) is 7.16. The monoisotopic (exact) mass is 591 g/mol. The number of methoxy groups -OCH3 is 2. The predicted molar refractivity (Wildman–Crippen MR) is 152 cm³/mol. The molecule has 0 saturated heterocycles. The molecule has 1 aromatic heterocycles. The number of carbonyl (C=O) groups excluding carboxylic acids is 2. The van der Waals surface area contributed by atoms with Gasteiger partial charge in [0.05, 0.1) is 41.5 Å². The molecule has 2 amide bonds. The molecule has 13 nitrogen and oxygen atoms in total. The van der Waals surface area contributed by atoms with E-state index in [-0.39, 0.29) is 27.7 Å². The van der Waals surface area contributed by atoms with Crippen molar-refractivity contribution < 1.29 is 32.4 Å². The van der Waals surface area contributed by atoms with Crippen LogP contribution in [0.4, 0.5) is 11.4 Å². The van der Waals surface area contributed by atoms with Crippen molar-refractivity contribution >= 4 is 33.0 Å². The number of benzene rings is 3. The number of sulfone groups is 1. The fourth-order valence-electron chi connectivity index (χ4n) is 4.94. The lowest BCUT2D eigenvalue weighted by molar-refractivity contribution is -0.385. The lowest BCUT2D eigenvalue weighted by Crippen LogP contribution is -2.16. The molecule has 0 spiro atoms. The summed E-state index contributed by atoms with van der Waals surface area (Å²) in [6.45, 7) is 0. The van der Waals surface area contributed by atoms with Gasteiger partial charge >= 0.3 is 0 Å². The highest BCUT2D eigenvalue weighted by Crippen LogP contribution is 2.39. The quantitative estimate of drug-likeness (QED) is 0.229. The molecule has 42 heavy (non-hydrogen) atoms. The maximum atomic E-state index is 13.3. The van der Waals surface area contributed by atoms with Crippen molar-refractivity contribution in [2.45, 2.75) is 17.7 Å². The summed E-state index contributed by atoms with van der Waals surface area (Å²) in [5.41, 5.74) is 8.59. The van der Waals surface area contributed by atoms with Crippen molar-refractivity contribution in [3.8, 4) is 28.4 Å². The number of hydrogen-bond acceptors (Lipinski definition) is 9. The lowest BCUT2D eigenvalue weighted by atomic mass is 9.88. The zero-order chi connectivity index (χ0) is 30.3. The van der Waals surface area contributed by atoms with Gasteiger partial charge in [-0.05, 0) is 54.8 Å². The third kappa shape index (κ3) is 5.03. The number of hydrogen-bond donors (Lipinski definition) is 2. The van der Waals surface area contributed by atoms with Crippen molar-refractivity contribution in [2.24, 2.45) is 5.73 Å². The Morgan fingerprint density at radius 3 is 2.29 bits per heavy atom. The van der Waals surface area contributed by atoms with Crippen LogP contribution >= 0.6 is 0 Å². The van der Waals surface area contributed by atoms with Crippen LogP contribution in [0.15, 0.2) is 59.5 Å². The van der Waals surface area contributed by atoms with E-state index in [9.17, 15) is 28.1 Å². The molecule has 0 atom stereocenters. The van der Waals surface area contributed by atoms with Crippen LogP contribution in [0.2, 0.25) is 0 Å². The Hall–Kier alpha value is -5.24. The van der Waals surface area contributed by atoms with E-state index in [0.29, 0.717) is 41.0 Å². The molecule has 1 aliphatic carbocycles. The van der Waals surface area contributed by atoms with Crippen LogP contribution in [0, 0.1) is 10.1 Å². The van der Waals surface area contributed by atoms with Crippen molar-refractivity contribution in [1.29, 1.82) is 0 Å². The van der Waals surface area contributed by atoms with E-state index in [1.807, 2.05) is 6.07 Å². The van der Waals surface area contributed by atoms with Gasteiger partial charge in [-0.1, -0.05) is 6.07 Å². The maximum absolute atomic E-state index is 13.3. The summed E-state index contributed by atoms with van der Waals surface area (Å²) in [6, 6.07) is 13.6. The van der Waals surface area contributed by atoms with Crippen LogP contribution in [0.3, 0.4) is 0 Å².